The molecule has 1 fully saturated rings. The van der Waals surface area contributed by atoms with Crippen molar-refractivity contribution in [2.75, 3.05) is 18.5 Å². The quantitative estimate of drug-likeness (QED) is 0.818. The van der Waals surface area contributed by atoms with Crippen molar-refractivity contribution in [2.24, 2.45) is 7.05 Å². The van der Waals surface area contributed by atoms with E-state index in [0.717, 1.165) is 0 Å². The summed E-state index contributed by atoms with van der Waals surface area (Å²) in [5.74, 6) is 0. The lowest BCUT2D eigenvalue weighted by Crippen LogP contribution is -2.53. The zero-order chi connectivity index (χ0) is 13.2. The number of hydrogen-bond donors (Lipinski definition) is 1. The zero-order valence-corrected chi connectivity index (χ0v) is 12.5. The number of hydrogen-bond acceptors (Lipinski definition) is 4. The number of nitrogens with one attached hydrogen (secondary N) is 1. The Kier molecular flexibility index (Phi) is 4.10. The van der Waals surface area contributed by atoms with E-state index in [-0.39, 0.29) is 5.03 Å². The third kappa shape index (κ3) is 2.76. The molecule has 0 spiro atoms. The normalized spacial score (nSPS) is 19.9. The average Bonchev–Trinajstić information content (AvgIpc) is 2.77. The van der Waals surface area contributed by atoms with Crippen molar-refractivity contribution in [3.63, 3.8) is 0 Å². The van der Waals surface area contributed by atoms with Gasteiger partial charge in [-0.2, -0.15) is 5.10 Å². The average molecular weight is 338 g/mol. The zero-order valence-electron chi connectivity index (χ0n) is 10.1. The highest BCUT2D eigenvalue weighted by Gasteiger charge is 2.36. The summed E-state index contributed by atoms with van der Waals surface area (Å²) in [6.45, 7) is 1.14. The SMILES string of the molecule is Cn1nccc1S(=O)(=O)NC1(CBr)CCOCC1. The van der Waals surface area contributed by atoms with Crippen molar-refractivity contribution < 1.29 is 13.2 Å². The molecule has 2 rings (SSSR count). The first-order valence-corrected chi connectivity index (χ1v) is 8.25. The van der Waals surface area contributed by atoms with Crippen molar-refractivity contribution in [1.29, 1.82) is 0 Å². The van der Waals surface area contributed by atoms with Crippen LogP contribution >= 0.6 is 15.9 Å². The van der Waals surface area contributed by atoms with Crippen molar-refractivity contribution in [1.82, 2.24) is 14.5 Å². The van der Waals surface area contributed by atoms with Crippen LogP contribution in [0.1, 0.15) is 12.8 Å². The minimum atomic E-state index is -3.55. The highest BCUT2D eigenvalue weighted by molar-refractivity contribution is 9.09. The van der Waals surface area contributed by atoms with Gasteiger partial charge in [0.15, 0.2) is 5.03 Å². The Bertz CT molecular complexity index is 508. The number of aromatic nitrogens is 2. The fraction of sp³-hybridized carbons (Fsp3) is 0.700. The summed E-state index contributed by atoms with van der Waals surface area (Å²) >= 11 is 3.40. The van der Waals surface area contributed by atoms with E-state index in [9.17, 15) is 8.42 Å². The first-order valence-electron chi connectivity index (χ1n) is 5.65. The van der Waals surface area contributed by atoms with Gasteiger partial charge in [0.25, 0.3) is 10.0 Å². The molecule has 1 saturated heterocycles. The van der Waals surface area contributed by atoms with Gasteiger partial charge in [0.1, 0.15) is 0 Å². The highest BCUT2D eigenvalue weighted by atomic mass is 79.9. The van der Waals surface area contributed by atoms with Gasteiger partial charge in [-0.3, -0.25) is 4.68 Å². The van der Waals surface area contributed by atoms with Gasteiger partial charge >= 0.3 is 0 Å². The van der Waals surface area contributed by atoms with Crippen molar-refractivity contribution in [3.8, 4) is 0 Å². The summed E-state index contributed by atoms with van der Waals surface area (Å²) in [5.41, 5.74) is -0.471. The van der Waals surface area contributed by atoms with Gasteiger partial charge in [-0.1, -0.05) is 15.9 Å². The highest BCUT2D eigenvalue weighted by Crippen LogP contribution is 2.25. The number of halogens is 1. The van der Waals surface area contributed by atoms with E-state index in [4.69, 9.17) is 4.74 Å². The molecule has 1 aromatic heterocycles. The van der Waals surface area contributed by atoms with E-state index in [2.05, 4.69) is 25.8 Å². The monoisotopic (exact) mass is 337 g/mol. The van der Waals surface area contributed by atoms with E-state index in [0.29, 0.717) is 31.4 Å². The largest absolute Gasteiger partial charge is 0.381 e. The van der Waals surface area contributed by atoms with Crippen molar-refractivity contribution in [3.05, 3.63) is 12.3 Å². The molecule has 1 aromatic rings. The number of nitrogens with zero attached hydrogens (tertiary/aromatic N) is 2. The summed E-state index contributed by atoms with van der Waals surface area (Å²) < 4.78 is 34.0. The van der Waals surface area contributed by atoms with Gasteiger partial charge in [0.2, 0.25) is 0 Å². The Hall–Kier alpha value is -0.440. The van der Waals surface area contributed by atoms with E-state index in [1.165, 1.54) is 16.9 Å². The van der Waals surface area contributed by atoms with Crippen LogP contribution in [0.3, 0.4) is 0 Å². The molecule has 18 heavy (non-hydrogen) atoms. The maximum Gasteiger partial charge on any atom is 0.258 e. The molecule has 2 heterocycles. The lowest BCUT2D eigenvalue weighted by molar-refractivity contribution is 0.0557. The molecule has 1 N–H and O–H groups in total. The Morgan fingerprint density at radius 3 is 2.72 bits per heavy atom. The van der Waals surface area contributed by atoms with Crippen LogP contribution in [-0.4, -0.2) is 42.3 Å². The number of aryl methyl sites for hydroxylation is 1. The van der Waals surface area contributed by atoms with Crippen molar-refractivity contribution >= 4 is 26.0 Å². The molecule has 0 saturated carbocycles. The van der Waals surface area contributed by atoms with Gasteiger partial charge in [-0.15, -0.1) is 0 Å². The first kappa shape index (κ1) is 14.0. The maximum absolute atomic E-state index is 12.3. The van der Waals surface area contributed by atoms with Crippen LogP contribution in [0.5, 0.6) is 0 Å². The molecule has 0 bridgehead atoms. The van der Waals surface area contributed by atoms with Crippen LogP contribution < -0.4 is 4.72 Å². The van der Waals surface area contributed by atoms with E-state index in [1.807, 2.05) is 0 Å². The van der Waals surface area contributed by atoms with Gasteiger partial charge in [-0.05, 0) is 18.9 Å². The maximum atomic E-state index is 12.3. The van der Waals surface area contributed by atoms with E-state index < -0.39 is 15.6 Å². The molecule has 0 unspecified atom stereocenters. The molecule has 0 radical (unpaired) electrons. The second-order valence-corrected chi connectivity index (χ2v) is 6.61. The molecule has 1 aliphatic heterocycles. The van der Waals surface area contributed by atoms with Crippen molar-refractivity contribution in [2.45, 2.75) is 23.4 Å². The topological polar surface area (TPSA) is 73.2 Å². The smallest absolute Gasteiger partial charge is 0.258 e. The number of sulfonamides is 1. The Labute approximate surface area is 115 Å². The third-order valence-electron chi connectivity index (χ3n) is 3.11. The molecular weight excluding hydrogens is 322 g/mol. The minimum Gasteiger partial charge on any atom is -0.381 e. The van der Waals surface area contributed by atoms with Gasteiger partial charge in [0, 0.05) is 31.1 Å². The van der Waals surface area contributed by atoms with Crippen LogP contribution in [0.4, 0.5) is 0 Å². The third-order valence-corrected chi connectivity index (χ3v) is 5.83. The molecule has 1 aliphatic rings. The van der Waals surface area contributed by atoms with Gasteiger partial charge in [0.05, 0.1) is 6.20 Å². The molecule has 0 aromatic carbocycles. The fourth-order valence-electron chi connectivity index (χ4n) is 1.99. The fourth-order valence-corrected chi connectivity index (χ4v) is 4.46. The van der Waals surface area contributed by atoms with Crippen LogP contribution in [0.15, 0.2) is 17.3 Å². The number of rotatable bonds is 4. The Morgan fingerprint density at radius 2 is 2.22 bits per heavy atom. The Morgan fingerprint density at radius 1 is 1.56 bits per heavy atom. The number of ether oxygens (including phenoxy) is 1. The van der Waals surface area contributed by atoms with Crippen LogP contribution in [-0.2, 0) is 21.8 Å². The second-order valence-electron chi connectivity index (χ2n) is 4.42. The molecule has 0 atom stereocenters. The summed E-state index contributed by atoms with van der Waals surface area (Å²) in [6, 6.07) is 1.49. The predicted octanol–water partition coefficient (Wildman–Crippen LogP) is 0.642. The molecular formula is C10H16BrN3O3S. The second kappa shape index (κ2) is 5.28. The number of alkyl halides is 1. The van der Waals surface area contributed by atoms with Crippen LogP contribution in [0.25, 0.3) is 0 Å². The summed E-state index contributed by atoms with van der Waals surface area (Å²) in [4.78, 5) is 0. The summed E-state index contributed by atoms with van der Waals surface area (Å²) in [6.07, 6.45) is 2.80. The standard InChI is InChI=1S/C10H16BrN3O3S/c1-14-9(2-5-12-14)18(15,16)13-10(8-11)3-6-17-7-4-10/h2,5,13H,3-4,6-8H2,1H3. The summed E-state index contributed by atoms with van der Waals surface area (Å²) in [5, 5.41) is 4.63. The molecule has 8 heteroatoms. The first-order chi connectivity index (χ1) is 8.49. The molecule has 0 amide bonds. The lowest BCUT2D eigenvalue weighted by atomic mass is 9.94. The van der Waals surface area contributed by atoms with Crippen LogP contribution in [0.2, 0.25) is 0 Å². The van der Waals surface area contributed by atoms with Crippen LogP contribution in [0, 0.1) is 0 Å². The minimum absolute atomic E-state index is 0.175. The van der Waals surface area contributed by atoms with E-state index >= 15 is 0 Å². The predicted molar refractivity (Wildman–Crippen MR) is 70.1 cm³/mol. The van der Waals surface area contributed by atoms with E-state index in [1.54, 1.807) is 7.05 Å². The van der Waals surface area contributed by atoms with Gasteiger partial charge < -0.3 is 4.74 Å². The Balaban J connectivity index is 2.24. The lowest BCUT2D eigenvalue weighted by Gasteiger charge is -2.35. The molecule has 0 aliphatic carbocycles. The summed E-state index contributed by atoms with van der Waals surface area (Å²) in [7, 11) is -1.94. The molecule has 102 valence electrons. The molecule has 6 nitrogen and oxygen atoms in total. The van der Waals surface area contributed by atoms with Gasteiger partial charge in [-0.25, -0.2) is 13.1 Å².